The molecule has 0 radical (unpaired) electrons. The second kappa shape index (κ2) is 3.82. The molecule has 5 nitrogen and oxygen atoms in total. The summed E-state index contributed by atoms with van der Waals surface area (Å²) in [5.41, 5.74) is 0.299. The van der Waals surface area contributed by atoms with Gasteiger partial charge in [0.1, 0.15) is 11.1 Å². The number of fused-ring (bicyclic) bond motifs is 1. The van der Waals surface area contributed by atoms with E-state index >= 15 is 0 Å². The van der Waals surface area contributed by atoms with Gasteiger partial charge in [-0.3, -0.25) is 9.81 Å². The number of rotatable bonds is 2. The van der Waals surface area contributed by atoms with Crippen LogP contribution in [0.25, 0.3) is 4.96 Å². The minimum Gasteiger partial charge on any atom is -0.462 e. The van der Waals surface area contributed by atoms with E-state index in [0.29, 0.717) is 11.6 Å². The summed E-state index contributed by atoms with van der Waals surface area (Å²) in [6.45, 7) is 2.02. The molecular weight excluding hydrogens is 214 g/mol. The highest BCUT2D eigenvalue weighted by molar-refractivity contribution is 7.15. The Bertz CT molecular complexity index is 558. The standard InChI is InChI=1S/C9H9N3O2S/c1-2-14-8(13)6-5-11-9-12(7(6)10)3-4-15-9/h3-5,10H,2H2,1H3. The van der Waals surface area contributed by atoms with Gasteiger partial charge in [0.05, 0.1) is 6.61 Å². The zero-order chi connectivity index (χ0) is 10.8. The lowest BCUT2D eigenvalue weighted by molar-refractivity contribution is 0.0523. The predicted octanol–water partition coefficient (Wildman–Crippen LogP) is 1.05. The van der Waals surface area contributed by atoms with E-state index in [0.717, 1.165) is 0 Å². The van der Waals surface area contributed by atoms with E-state index in [1.54, 1.807) is 17.5 Å². The highest BCUT2D eigenvalue weighted by Gasteiger charge is 2.11. The average molecular weight is 223 g/mol. The molecule has 15 heavy (non-hydrogen) atoms. The molecule has 0 unspecified atom stereocenters. The SMILES string of the molecule is CCOC(=O)c1cnc2sccn2c1=N. The Hall–Kier alpha value is -1.69. The first-order valence-corrected chi connectivity index (χ1v) is 5.28. The van der Waals surface area contributed by atoms with Crippen LogP contribution in [0.2, 0.25) is 0 Å². The molecule has 0 bridgehead atoms. The topological polar surface area (TPSA) is 67.4 Å². The maximum atomic E-state index is 11.4. The van der Waals surface area contributed by atoms with Crippen LogP contribution < -0.4 is 5.49 Å². The number of thiazole rings is 1. The van der Waals surface area contributed by atoms with E-state index in [-0.39, 0.29) is 11.1 Å². The number of carbonyl (C=O) groups excluding carboxylic acids is 1. The fourth-order valence-corrected chi connectivity index (χ4v) is 1.89. The second-order valence-corrected chi connectivity index (χ2v) is 3.67. The molecule has 0 aromatic carbocycles. The lowest BCUT2D eigenvalue weighted by atomic mass is 10.3. The quantitative estimate of drug-likeness (QED) is 0.774. The molecule has 2 rings (SSSR count). The van der Waals surface area contributed by atoms with Crippen molar-refractivity contribution >= 4 is 22.3 Å². The van der Waals surface area contributed by atoms with Crippen molar-refractivity contribution in [2.45, 2.75) is 6.92 Å². The Kier molecular flexibility index (Phi) is 2.51. The van der Waals surface area contributed by atoms with Crippen LogP contribution in [0, 0.1) is 5.41 Å². The lowest BCUT2D eigenvalue weighted by Crippen LogP contribution is -2.23. The number of carbonyl (C=O) groups is 1. The molecule has 1 N–H and O–H groups in total. The minimum atomic E-state index is -0.504. The Labute approximate surface area is 89.5 Å². The van der Waals surface area contributed by atoms with E-state index < -0.39 is 5.97 Å². The summed E-state index contributed by atoms with van der Waals surface area (Å²) >= 11 is 1.41. The van der Waals surface area contributed by atoms with Crippen LogP contribution in [0.15, 0.2) is 17.8 Å². The van der Waals surface area contributed by atoms with Crippen molar-refractivity contribution < 1.29 is 9.53 Å². The molecule has 6 heteroatoms. The van der Waals surface area contributed by atoms with Crippen LogP contribution in [0.3, 0.4) is 0 Å². The molecule has 2 aromatic heterocycles. The molecular formula is C9H9N3O2S. The molecule has 0 spiro atoms. The van der Waals surface area contributed by atoms with E-state index in [9.17, 15) is 4.79 Å². The van der Waals surface area contributed by atoms with Crippen molar-refractivity contribution in [1.29, 1.82) is 5.41 Å². The summed E-state index contributed by atoms with van der Waals surface area (Å²) in [6.07, 6.45) is 3.09. The van der Waals surface area contributed by atoms with Crippen molar-refractivity contribution in [1.82, 2.24) is 9.38 Å². The number of esters is 1. The second-order valence-electron chi connectivity index (χ2n) is 2.80. The van der Waals surface area contributed by atoms with E-state index in [1.165, 1.54) is 17.5 Å². The zero-order valence-corrected chi connectivity index (χ0v) is 8.87. The van der Waals surface area contributed by atoms with Crippen LogP contribution >= 0.6 is 11.3 Å². The van der Waals surface area contributed by atoms with Crippen molar-refractivity contribution in [2.75, 3.05) is 6.61 Å². The zero-order valence-electron chi connectivity index (χ0n) is 8.06. The number of nitrogens with zero attached hydrogens (tertiary/aromatic N) is 2. The van der Waals surface area contributed by atoms with E-state index in [2.05, 4.69) is 4.98 Å². The first-order chi connectivity index (χ1) is 7.24. The summed E-state index contributed by atoms with van der Waals surface area (Å²) in [5.74, 6) is -0.504. The van der Waals surface area contributed by atoms with Gasteiger partial charge in [0.15, 0.2) is 4.96 Å². The fraction of sp³-hybridized carbons (Fsp3) is 0.222. The summed E-state index contributed by atoms with van der Waals surface area (Å²) < 4.78 is 6.38. The first kappa shape index (κ1) is 9.85. The molecule has 0 saturated carbocycles. The van der Waals surface area contributed by atoms with Gasteiger partial charge >= 0.3 is 5.97 Å². The predicted molar refractivity (Wildman–Crippen MR) is 54.9 cm³/mol. The van der Waals surface area contributed by atoms with Crippen LogP contribution in [0.5, 0.6) is 0 Å². The molecule has 0 atom stereocenters. The monoisotopic (exact) mass is 223 g/mol. The Morgan fingerprint density at radius 2 is 2.53 bits per heavy atom. The van der Waals surface area contributed by atoms with Gasteiger partial charge in [-0.15, -0.1) is 11.3 Å². The highest BCUT2D eigenvalue weighted by Crippen LogP contribution is 2.06. The maximum absolute atomic E-state index is 11.4. The van der Waals surface area contributed by atoms with Crippen molar-refractivity contribution in [2.24, 2.45) is 0 Å². The van der Waals surface area contributed by atoms with Crippen molar-refractivity contribution in [3.05, 3.63) is 28.8 Å². The summed E-state index contributed by atoms with van der Waals surface area (Å²) in [4.78, 5) is 16.2. The molecule has 78 valence electrons. The van der Waals surface area contributed by atoms with E-state index in [1.807, 2.05) is 5.38 Å². The normalized spacial score (nSPS) is 10.5. The number of aromatic nitrogens is 2. The largest absolute Gasteiger partial charge is 0.462 e. The Morgan fingerprint density at radius 1 is 1.73 bits per heavy atom. The van der Waals surface area contributed by atoms with Crippen molar-refractivity contribution in [3.63, 3.8) is 0 Å². The minimum absolute atomic E-state index is 0.111. The molecule has 2 heterocycles. The van der Waals surface area contributed by atoms with Gasteiger partial charge in [0.2, 0.25) is 0 Å². The molecule has 0 aliphatic rings. The Morgan fingerprint density at radius 3 is 3.27 bits per heavy atom. The summed E-state index contributed by atoms with van der Waals surface area (Å²) in [7, 11) is 0. The summed E-state index contributed by atoms with van der Waals surface area (Å²) in [6, 6.07) is 0. The number of hydrogen-bond acceptors (Lipinski definition) is 5. The maximum Gasteiger partial charge on any atom is 0.343 e. The third-order valence-electron chi connectivity index (χ3n) is 1.88. The molecule has 0 amide bonds. The molecule has 2 aromatic rings. The third-order valence-corrected chi connectivity index (χ3v) is 2.66. The van der Waals surface area contributed by atoms with Gasteiger partial charge in [-0.2, -0.15) is 0 Å². The van der Waals surface area contributed by atoms with Gasteiger partial charge in [-0.05, 0) is 6.92 Å². The highest BCUT2D eigenvalue weighted by atomic mass is 32.1. The smallest absolute Gasteiger partial charge is 0.343 e. The third kappa shape index (κ3) is 1.63. The van der Waals surface area contributed by atoms with Gasteiger partial charge < -0.3 is 4.74 Å². The number of ether oxygens (including phenoxy) is 1. The lowest BCUT2D eigenvalue weighted by Gasteiger charge is -2.01. The van der Waals surface area contributed by atoms with Crippen LogP contribution in [-0.2, 0) is 4.74 Å². The van der Waals surface area contributed by atoms with E-state index in [4.69, 9.17) is 10.1 Å². The molecule has 0 aliphatic heterocycles. The Balaban J connectivity index is 2.57. The molecule has 0 saturated heterocycles. The molecule has 0 aliphatic carbocycles. The number of hydrogen-bond donors (Lipinski definition) is 1. The van der Waals surface area contributed by atoms with Gasteiger partial charge in [-0.25, -0.2) is 9.78 Å². The van der Waals surface area contributed by atoms with Crippen molar-refractivity contribution in [3.8, 4) is 0 Å². The molecule has 0 fully saturated rings. The first-order valence-electron chi connectivity index (χ1n) is 4.40. The van der Waals surface area contributed by atoms with Crippen LogP contribution in [-0.4, -0.2) is 22.0 Å². The fourth-order valence-electron chi connectivity index (χ4n) is 1.20. The van der Waals surface area contributed by atoms with Gasteiger partial charge in [-0.1, -0.05) is 0 Å². The van der Waals surface area contributed by atoms with Crippen LogP contribution in [0.4, 0.5) is 0 Å². The van der Waals surface area contributed by atoms with Crippen LogP contribution in [0.1, 0.15) is 17.3 Å². The van der Waals surface area contributed by atoms with Gasteiger partial charge in [0, 0.05) is 17.8 Å². The number of nitrogens with one attached hydrogen (secondary N) is 1. The average Bonchev–Trinajstić information content (AvgIpc) is 2.67. The summed E-state index contributed by atoms with van der Waals surface area (Å²) in [5, 5.41) is 9.61. The van der Waals surface area contributed by atoms with Gasteiger partial charge in [0.25, 0.3) is 0 Å².